The molecule has 1 saturated heterocycles. The molecule has 1 aliphatic rings. The zero-order valence-corrected chi connectivity index (χ0v) is 14.6. The Hall–Kier alpha value is -0.140. The molecule has 0 radical (unpaired) electrons. The van der Waals surface area contributed by atoms with Crippen molar-refractivity contribution < 1.29 is 4.79 Å². The lowest BCUT2D eigenvalue weighted by Crippen LogP contribution is -2.49. The highest BCUT2D eigenvalue weighted by molar-refractivity contribution is 14.1. The smallest absolute Gasteiger partial charge is 0.255 e. The molecule has 19 heavy (non-hydrogen) atoms. The van der Waals surface area contributed by atoms with Crippen molar-refractivity contribution in [2.24, 2.45) is 11.7 Å². The molecule has 1 fully saturated rings. The summed E-state index contributed by atoms with van der Waals surface area (Å²) in [6, 6.07) is 5.99. The molecule has 2 unspecified atom stereocenters. The van der Waals surface area contributed by atoms with Gasteiger partial charge in [0.2, 0.25) is 0 Å². The van der Waals surface area contributed by atoms with E-state index in [4.69, 9.17) is 5.73 Å². The molecule has 1 aromatic rings. The van der Waals surface area contributed by atoms with E-state index in [1.165, 1.54) is 0 Å². The highest BCUT2D eigenvalue weighted by Gasteiger charge is 2.30. The minimum Gasteiger partial charge on any atom is -0.334 e. The Labute approximate surface area is 136 Å². The average Bonchev–Trinajstić information content (AvgIpc) is 2.40. The van der Waals surface area contributed by atoms with Crippen LogP contribution in [0.5, 0.6) is 0 Å². The van der Waals surface area contributed by atoms with E-state index >= 15 is 0 Å². The number of halogens is 2. The maximum Gasteiger partial charge on any atom is 0.255 e. The summed E-state index contributed by atoms with van der Waals surface area (Å²) in [5.41, 5.74) is 6.60. The molecule has 2 atom stereocenters. The quantitative estimate of drug-likeness (QED) is 0.723. The van der Waals surface area contributed by atoms with E-state index in [1.807, 2.05) is 23.1 Å². The van der Waals surface area contributed by atoms with Crippen LogP contribution in [-0.2, 0) is 0 Å². The van der Waals surface area contributed by atoms with Crippen LogP contribution in [0.15, 0.2) is 22.7 Å². The Morgan fingerprint density at radius 1 is 1.58 bits per heavy atom. The van der Waals surface area contributed by atoms with Gasteiger partial charge in [-0.25, -0.2) is 0 Å². The standard InChI is InChI=1S/C14H18BrIN2O/c1-9-4-5-18(11(6-9)8-17)14(19)12-7-10(15)2-3-13(12)16/h2-3,7,9,11H,4-6,8,17H2,1H3. The number of carbonyl (C=O) groups excluding carboxylic acids is 1. The van der Waals surface area contributed by atoms with Gasteiger partial charge in [-0.2, -0.15) is 0 Å². The molecule has 1 aromatic carbocycles. The summed E-state index contributed by atoms with van der Waals surface area (Å²) in [6.07, 6.45) is 2.07. The second-order valence-electron chi connectivity index (χ2n) is 5.14. The predicted octanol–water partition coefficient (Wildman–Crippen LogP) is 3.25. The number of nitrogens with zero attached hydrogens (tertiary/aromatic N) is 1. The lowest BCUT2D eigenvalue weighted by Gasteiger charge is -2.38. The highest BCUT2D eigenvalue weighted by atomic mass is 127. The third kappa shape index (κ3) is 3.49. The van der Waals surface area contributed by atoms with Crippen LogP contribution in [-0.4, -0.2) is 29.9 Å². The molecular formula is C14H18BrIN2O. The van der Waals surface area contributed by atoms with Gasteiger partial charge in [-0.15, -0.1) is 0 Å². The van der Waals surface area contributed by atoms with Gasteiger partial charge in [-0.3, -0.25) is 4.79 Å². The van der Waals surface area contributed by atoms with Crippen LogP contribution in [0, 0.1) is 9.49 Å². The van der Waals surface area contributed by atoms with Crippen molar-refractivity contribution in [3.8, 4) is 0 Å². The summed E-state index contributed by atoms with van der Waals surface area (Å²) < 4.78 is 1.92. The minimum atomic E-state index is 0.105. The maximum atomic E-state index is 12.7. The molecule has 3 nitrogen and oxygen atoms in total. The van der Waals surface area contributed by atoms with Gasteiger partial charge < -0.3 is 10.6 Å². The number of piperidine rings is 1. The van der Waals surface area contributed by atoms with E-state index in [0.29, 0.717) is 12.5 Å². The summed E-state index contributed by atoms with van der Waals surface area (Å²) in [6.45, 7) is 3.58. The van der Waals surface area contributed by atoms with Gasteiger partial charge in [0.1, 0.15) is 0 Å². The van der Waals surface area contributed by atoms with E-state index in [9.17, 15) is 4.79 Å². The lowest BCUT2D eigenvalue weighted by atomic mass is 9.92. The molecule has 1 amide bonds. The van der Waals surface area contributed by atoms with Crippen LogP contribution in [0.1, 0.15) is 30.1 Å². The Morgan fingerprint density at radius 2 is 2.32 bits per heavy atom. The van der Waals surface area contributed by atoms with Crippen molar-refractivity contribution >= 4 is 44.4 Å². The SMILES string of the molecule is CC1CCN(C(=O)c2cc(Br)ccc2I)C(CN)C1. The molecule has 1 heterocycles. The van der Waals surface area contributed by atoms with Crippen molar-refractivity contribution in [1.82, 2.24) is 4.90 Å². The summed E-state index contributed by atoms with van der Waals surface area (Å²) in [7, 11) is 0. The molecule has 2 rings (SSSR count). The lowest BCUT2D eigenvalue weighted by molar-refractivity contribution is 0.0572. The van der Waals surface area contributed by atoms with E-state index in [2.05, 4.69) is 45.4 Å². The molecule has 0 aliphatic carbocycles. The summed E-state index contributed by atoms with van der Waals surface area (Å²) >= 11 is 5.64. The summed E-state index contributed by atoms with van der Waals surface area (Å²) in [5.74, 6) is 0.757. The van der Waals surface area contributed by atoms with E-state index in [1.54, 1.807) is 0 Å². The number of hydrogen-bond acceptors (Lipinski definition) is 2. The van der Waals surface area contributed by atoms with Gasteiger partial charge >= 0.3 is 0 Å². The summed E-state index contributed by atoms with van der Waals surface area (Å²) in [5, 5.41) is 0. The first-order valence-electron chi connectivity index (χ1n) is 6.49. The fraction of sp³-hybridized carbons (Fsp3) is 0.500. The van der Waals surface area contributed by atoms with Gasteiger partial charge in [-0.05, 0) is 59.5 Å². The second-order valence-corrected chi connectivity index (χ2v) is 7.22. The molecule has 0 saturated carbocycles. The van der Waals surface area contributed by atoms with Crippen molar-refractivity contribution in [2.75, 3.05) is 13.1 Å². The molecule has 1 aliphatic heterocycles. The van der Waals surface area contributed by atoms with E-state index in [-0.39, 0.29) is 11.9 Å². The minimum absolute atomic E-state index is 0.105. The summed E-state index contributed by atoms with van der Waals surface area (Å²) in [4.78, 5) is 14.6. The van der Waals surface area contributed by atoms with Crippen molar-refractivity contribution in [3.63, 3.8) is 0 Å². The van der Waals surface area contributed by atoms with E-state index in [0.717, 1.165) is 33.0 Å². The Kier molecular flexibility index (Phi) is 5.25. The topological polar surface area (TPSA) is 46.3 Å². The van der Waals surface area contributed by atoms with Crippen molar-refractivity contribution in [2.45, 2.75) is 25.8 Å². The van der Waals surface area contributed by atoms with Gasteiger partial charge in [0.15, 0.2) is 0 Å². The Morgan fingerprint density at radius 3 is 3.00 bits per heavy atom. The Bertz CT molecular complexity index is 481. The van der Waals surface area contributed by atoms with Crippen LogP contribution in [0.25, 0.3) is 0 Å². The van der Waals surface area contributed by atoms with E-state index < -0.39 is 0 Å². The van der Waals surface area contributed by atoms with Gasteiger partial charge in [0.25, 0.3) is 5.91 Å². The van der Waals surface area contributed by atoms with Gasteiger partial charge in [0, 0.05) is 27.2 Å². The normalized spacial score (nSPS) is 23.5. The zero-order chi connectivity index (χ0) is 14.0. The van der Waals surface area contributed by atoms with Crippen LogP contribution < -0.4 is 5.73 Å². The molecular weight excluding hydrogens is 419 g/mol. The highest BCUT2D eigenvalue weighted by Crippen LogP contribution is 2.26. The molecule has 2 N–H and O–H groups in total. The molecule has 5 heteroatoms. The van der Waals surface area contributed by atoms with Crippen molar-refractivity contribution in [3.05, 3.63) is 31.8 Å². The molecule has 0 aromatic heterocycles. The molecule has 0 bridgehead atoms. The van der Waals surface area contributed by atoms with Crippen LogP contribution in [0.2, 0.25) is 0 Å². The third-order valence-electron chi connectivity index (χ3n) is 3.67. The van der Waals surface area contributed by atoms with Crippen LogP contribution in [0.3, 0.4) is 0 Å². The first-order chi connectivity index (χ1) is 9.02. The fourth-order valence-corrected chi connectivity index (χ4v) is 3.49. The first kappa shape index (κ1) is 15.3. The number of benzene rings is 1. The largest absolute Gasteiger partial charge is 0.334 e. The average molecular weight is 437 g/mol. The van der Waals surface area contributed by atoms with Gasteiger partial charge in [-0.1, -0.05) is 22.9 Å². The van der Waals surface area contributed by atoms with Crippen molar-refractivity contribution in [1.29, 1.82) is 0 Å². The predicted molar refractivity (Wildman–Crippen MR) is 89.1 cm³/mol. The monoisotopic (exact) mass is 436 g/mol. The number of likely N-dealkylation sites (tertiary alicyclic amines) is 1. The molecule has 0 spiro atoms. The van der Waals surface area contributed by atoms with Crippen LogP contribution in [0.4, 0.5) is 0 Å². The third-order valence-corrected chi connectivity index (χ3v) is 5.10. The number of rotatable bonds is 2. The van der Waals surface area contributed by atoms with Crippen LogP contribution >= 0.6 is 38.5 Å². The maximum absolute atomic E-state index is 12.7. The zero-order valence-electron chi connectivity index (χ0n) is 10.9. The van der Waals surface area contributed by atoms with Gasteiger partial charge in [0.05, 0.1) is 5.56 Å². The Balaban J connectivity index is 2.25. The molecule has 104 valence electrons. The number of carbonyl (C=O) groups is 1. The number of hydrogen-bond donors (Lipinski definition) is 1. The number of nitrogens with two attached hydrogens (primary N) is 1. The second kappa shape index (κ2) is 6.54. The number of amides is 1. The fourth-order valence-electron chi connectivity index (χ4n) is 2.56. The first-order valence-corrected chi connectivity index (χ1v) is 8.36.